The van der Waals surface area contributed by atoms with E-state index in [-0.39, 0.29) is 29.6 Å². The Kier molecular flexibility index (Phi) is 7.14. The molecule has 1 heterocycles. The van der Waals surface area contributed by atoms with E-state index in [1.165, 1.54) is 33.3 Å². The monoisotopic (exact) mass is 393 g/mol. The molecule has 0 fully saturated rings. The van der Waals surface area contributed by atoms with Crippen LogP contribution in [0.5, 0.6) is 11.5 Å². The first-order valence-electron chi connectivity index (χ1n) is 8.23. The molecule has 2 aromatic rings. The zero-order chi connectivity index (χ0) is 19.9. The first-order chi connectivity index (χ1) is 12.9. The summed E-state index contributed by atoms with van der Waals surface area (Å²) in [6, 6.07) is 8.17. The number of aromatic nitrogens is 1. The van der Waals surface area contributed by atoms with Crippen molar-refractivity contribution in [2.75, 3.05) is 27.3 Å². The molecular formula is C18H23N3O5S. The molecule has 0 spiro atoms. The number of sulfonamides is 1. The zero-order valence-electron chi connectivity index (χ0n) is 15.5. The number of amides is 1. The van der Waals surface area contributed by atoms with E-state index in [9.17, 15) is 13.2 Å². The highest BCUT2D eigenvalue weighted by molar-refractivity contribution is 7.89. The number of pyridine rings is 1. The van der Waals surface area contributed by atoms with Crippen LogP contribution in [0.25, 0.3) is 0 Å². The molecule has 0 radical (unpaired) electrons. The number of rotatable bonds is 9. The fraction of sp³-hybridized carbons (Fsp3) is 0.333. The average Bonchev–Trinajstić information content (AvgIpc) is 2.67. The molecule has 0 unspecified atom stereocenters. The van der Waals surface area contributed by atoms with Crippen LogP contribution in [0.15, 0.2) is 47.6 Å². The Morgan fingerprint density at radius 3 is 2.59 bits per heavy atom. The standard InChI is InChI=1S/C18H23N3O5S/c1-14(22)21(13-15-5-4-8-19-12-15)10-9-20-27(23,24)18-11-16(25-2)6-7-17(18)26-3/h4-8,11-12,20H,9-10,13H2,1-3H3. The van der Waals surface area contributed by atoms with E-state index in [1.54, 1.807) is 29.4 Å². The molecule has 27 heavy (non-hydrogen) atoms. The summed E-state index contributed by atoms with van der Waals surface area (Å²) in [6.45, 7) is 2.07. The molecule has 0 saturated heterocycles. The predicted octanol–water partition coefficient (Wildman–Crippen LogP) is 1.43. The van der Waals surface area contributed by atoms with Gasteiger partial charge in [0, 0.05) is 45.0 Å². The van der Waals surface area contributed by atoms with Crippen molar-refractivity contribution in [3.05, 3.63) is 48.3 Å². The predicted molar refractivity (Wildman–Crippen MR) is 100 cm³/mol. The van der Waals surface area contributed by atoms with E-state index in [0.717, 1.165) is 5.56 Å². The first-order valence-corrected chi connectivity index (χ1v) is 9.72. The van der Waals surface area contributed by atoms with Gasteiger partial charge >= 0.3 is 0 Å². The molecule has 2 rings (SSSR count). The number of benzene rings is 1. The largest absolute Gasteiger partial charge is 0.497 e. The molecule has 1 aromatic carbocycles. The third kappa shape index (κ3) is 5.66. The summed E-state index contributed by atoms with van der Waals surface area (Å²) < 4.78 is 38.0. The van der Waals surface area contributed by atoms with Crippen LogP contribution in [0.1, 0.15) is 12.5 Å². The average molecular weight is 393 g/mol. The van der Waals surface area contributed by atoms with Crippen LogP contribution in [0.2, 0.25) is 0 Å². The molecule has 0 aliphatic heterocycles. The maximum absolute atomic E-state index is 12.6. The third-order valence-corrected chi connectivity index (χ3v) is 5.36. The summed E-state index contributed by atoms with van der Waals surface area (Å²) in [5.41, 5.74) is 0.866. The van der Waals surface area contributed by atoms with Crippen LogP contribution in [0, 0.1) is 0 Å². The first kappa shape index (κ1) is 20.7. The zero-order valence-corrected chi connectivity index (χ0v) is 16.3. The number of methoxy groups -OCH3 is 2. The van der Waals surface area contributed by atoms with E-state index in [0.29, 0.717) is 12.3 Å². The number of carbonyl (C=O) groups is 1. The van der Waals surface area contributed by atoms with E-state index >= 15 is 0 Å². The number of hydrogen-bond acceptors (Lipinski definition) is 6. The Morgan fingerprint density at radius 2 is 2.00 bits per heavy atom. The topological polar surface area (TPSA) is 97.8 Å². The van der Waals surface area contributed by atoms with E-state index < -0.39 is 10.0 Å². The molecule has 8 nitrogen and oxygen atoms in total. The van der Waals surface area contributed by atoms with Gasteiger partial charge in [-0.05, 0) is 23.8 Å². The lowest BCUT2D eigenvalue weighted by atomic mass is 10.2. The summed E-state index contributed by atoms with van der Waals surface area (Å²) in [6.07, 6.45) is 3.32. The summed E-state index contributed by atoms with van der Waals surface area (Å²) >= 11 is 0. The maximum Gasteiger partial charge on any atom is 0.244 e. The Bertz CT molecular complexity index is 872. The van der Waals surface area contributed by atoms with E-state index in [2.05, 4.69) is 9.71 Å². The lowest BCUT2D eigenvalue weighted by molar-refractivity contribution is -0.129. The highest BCUT2D eigenvalue weighted by Gasteiger charge is 2.21. The summed E-state index contributed by atoms with van der Waals surface area (Å²) in [4.78, 5) is 17.4. The minimum atomic E-state index is -3.84. The van der Waals surface area contributed by atoms with Crippen LogP contribution in [-0.4, -0.2) is 51.5 Å². The van der Waals surface area contributed by atoms with E-state index in [4.69, 9.17) is 9.47 Å². The van der Waals surface area contributed by atoms with Crippen LogP contribution in [0.4, 0.5) is 0 Å². The molecule has 9 heteroatoms. The van der Waals surface area contributed by atoms with Crippen LogP contribution in [0.3, 0.4) is 0 Å². The van der Waals surface area contributed by atoms with Crippen molar-refractivity contribution in [2.45, 2.75) is 18.4 Å². The fourth-order valence-electron chi connectivity index (χ4n) is 2.45. The van der Waals surface area contributed by atoms with Crippen molar-refractivity contribution in [1.82, 2.24) is 14.6 Å². The summed E-state index contributed by atoms with van der Waals surface area (Å²) in [5.74, 6) is 0.456. The Hall–Kier alpha value is -2.65. The van der Waals surface area contributed by atoms with Gasteiger partial charge in [-0.15, -0.1) is 0 Å². The van der Waals surface area contributed by atoms with Crippen molar-refractivity contribution in [2.24, 2.45) is 0 Å². The normalized spacial score (nSPS) is 11.1. The van der Waals surface area contributed by atoms with Gasteiger partial charge in [-0.1, -0.05) is 6.07 Å². The number of hydrogen-bond donors (Lipinski definition) is 1. The quantitative estimate of drug-likeness (QED) is 0.692. The van der Waals surface area contributed by atoms with Gasteiger partial charge in [0.2, 0.25) is 15.9 Å². The Morgan fingerprint density at radius 1 is 1.22 bits per heavy atom. The Balaban J connectivity index is 2.06. The van der Waals surface area contributed by atoms with Crippen molar-refractivity contribution < 1.29 is 22.7 Å². The number of carbonyl (C=O) groups excluding carboxylic acids is 1. The van der Waals surface area contributed by atoms with Crippen LogP contribution in [-0.2, 0) is 21.4 Å². The molecule has 1 N–H and O–H groups in total. The van der Waals surface area contributed by atoms with Gasteiger partial charge < -0.3 is 14.4 Å². The molecule has 0 bridgehead atoms. The highest BCUT2D eigenvalue weighted by atomic mass is 32.2. The van der Waals surface area contributed by atoms with Crippen molar-refractivity contribution in [3.8, 4) is 11.5 Å². The molecule has 0 saturated carbocycles. The van der Waals surface area contributed by atoms with Gasteiger partial charge in [-0.2, -0.15) is 0 Å². The number of ether oxygens (including phenoxy) is 2. The molecule has 1 amide bonds. The second-order valence-corrected chi connectivity index (χ2v) is 7.45. The number of nitrogens with zero attached hydrogens (tertiary/aromatic N) is 2. The van der Waals surface area contributed by atoms with Gasteiger partial charge in [0.25, 0.3) is 0 Å². The maximum atomic E-state index is 12.6. The van der Waals surface area contributed by atoms with Gasteiger partial charge in [-0.25, -0.2) is 13.1 Å². The molecule has 0 atom stereocenters. The van der Waals surface area contributed by atoms with Gasteiger partial charge in [0.1, 0.15) is 16.4 Å². The van der Waals surface area contributed by atoms with E-state index in [1.807, 2.05) is 6.07 Å². The minimum Gasteiger partial charge on any atom is -0.497 e. The van der Waals surface area contributed by atoms with Crippen molar-refractivity contribution in [1.29, 1.82) is 0 Å². The molecular weight excluding hydrogens is 370 g/mol. The SMILES string of the molecule is COc1ccc(OC)c(S(=O)(=O)NCCN(Cc2cccnc2)C(C)=O)c1. The second kappa shape index (κ2) is 9.33. The van der Waals surface area contributed by atoms with Crippen molar-refractivity contribution >= 4 is 15.9 Å². The van der Waals surface area contributed by atoms with Gasteiger partial charge in [0.05, 0.1) is 14.2 Å². The molecule has 146 valence electrons. The second-order valence-electron chi connectivity index (χ2n) is 5.72. The minimum absolute atomic E-state index is 0.0222. The summed E-state index contributed by atoms with van der Waals surface area (Å²) in [5, 5.41) is 0. The smallest absolute Gasteiger partial charge is 0.244 e. The lowest BCUT2D eigenvalue weighted by Crippen LogP contribution is -2.37. The molecule has 0 aliphatic carbocycles. The number of nitrogens with one attached hydrogen (secondary N) is 1. The highest BCUT2D eigenvalue weighted by Crippen LogP contribution is 2.27. The molecule has 1 aromatic heterocycles. The van der Waals surface area contributed by atoms with Gasteiger partial charge in [-0.3, -0.25) is 9.78 Å². The third-order valence-electron chi connectivity index (χ3n) is 3.88. The lowest BCUT2D eigenvalue weighted by Gasteiger charge is -2.21. The fourth-order valence-corrected chi connectivity index (χ4v) is 3.65. The van der Waals surface area contributed by atoms with Crippen molar-refractivity contribution in [3.63, 3.8) is 0 Å². The summed E-state index contributed by atoms with van der Waals surface area (Å²) in [7, 11) is -0.987. The van der Waals surface area contributed by atoms with Gasteiger partial charge in [0.15, 0.2) is 0 Å². The van der Waals surface area contributed by atoms with Crippen LogP contribution >= 0.6 is 0 Å². The van der Waals surface area contributed by atoms with Crippen LogP contribution < -0.4 is 14.2 Å². The molecule has 0 aliphatic rings. The Labute approximate surface area is 159 Å².